The maximum absolute atomic E-state index is 11.8. The summed E-state index contributed by atoms with van der Waals surface area (Å²) in [6.07, 6.45) is 4.19. The van der Waals surface area contributed by atoms with E-state index in [0.717, 1.165) is 31.1 Å². The zero-order valence-electron chi connectivity index (χ0n) is 16.3. The molecule has 0 aromatic heterocycles. The number of fused-ring (bicyclic) bond motifs is 1. The van der Waals surface area contributed by atoms with Crippen LogP contribution >= 0.6 is 11.8 Å². The van der Waals surface area contributed by atoms with Crippen LogP contribution in [0.25, 0.3) is 0 Å². The van der Waals surface area contributed by atoms with Gasteiger partial charge in [-0.05, 0) is 12.8 Å². The van der Waals surface area contributed by atoms with Crippen molar-refractivity contribution in [3.8, 4) is 0 Å². The van der Waals surface area contributed by atoms with Gasteiger partial charge in [0, 0.05) is 36.6 Å². The minimum Gasteiger partial charge on any atom is -0.461 e. The molecule has 2 fully saturated rings. The minimum atomic E-state index is -0.538. The average molecular weight is 428 g/mol. The fraction of sp³-hybridized carbons (Fsp3) is 0.667. The summed E-state index contributed by atoms with van der Waals surface area (Å²) >= 11 is 1.87. The lowest BCUT2D eigenvalue weighted by Gasteiger charge is -2.16. The van der Waals surface area contributed by atoms with Gasteiger partial charge in [0.1, 0.15) is 6.61 Å². The molecule has 0 bridgehead atoms. The van der Waals surface area contributed by atoms with Gasteiger partial charge in [0.05, 0.1) is 18.6 Å². The Morgan fingerprint density at radius 1 is 1.14 bits per heavy atom. The Morgan fingerprint density at radius 3 is 2.69 bits per heavy atom. The number of hydrogen-bond donors (Lipinski definition) is 5. The fourth-order valence-electron chi connectivity index (χ4n) is 3.18. The standard InChI is InChI=1S/C18H29N5O5S/c1-2-15(25)28-10-9-21-17(26)20-8-7-19-14(24)6-4-3-5-13-16-12(11-29-13)22-18(27)23-16/h2,12-13,16H,1,3-11H2,(H,19,24)(H2,20,21,26)(H2,22,23,27)/t12?,13?,16-/m1/s1. The first-order chi connectivity index (χ1) is 14.0. The summed E-state index contributed by atoms with van der Waals surface area (Å²) < 4.78 is 4.72. The number of thioether (sulfide) groups is 1. The van der Waals surface area contributed by atoms with Crippen LogP contribution in [0.4, 0.5) is 9.59 Å². The average Bonchev–Trinajstić information content (AvgIpc) is 3.25. The van der Waals surface area contributed by atoms with Gasteiger partial charge in [-0.1, -0.05) is 13.0 Å². The van der Waals surface area contributed by atoms with Gasteiger partial charge in [0.2, 0.25) is 5.91 Å². The SMILES string of the molecule is C=CC(=O)OCCNC(=O)NCCNC(=O)CCCCC1SCC2NC(=O)N[C@H]21. The van der Waals surface area contributed by atoms with Crippen molar-refractivity contribution < 1.29 is 23.9 Å². The predicted octanol–water partition coefficient (Wildman–Crippen LogP) is -0.143. The van der Waals surface area contributed by atoms with E-state index in [0.29, 0.717) is 24.8 Å². The summed E-state index contributed by atoms with van der Waals surface area (Å²) in [5.74, 6) is 0.356. The molecule has 5 amide bonds. The zero-order chi connectivity index (χ0) is 21.1. The van der Waals surface area contributed by atoms with E-state index in [1.165, 1.54) is 0 Å². The molecule has 11 heteroatoms. The van der Waals surface area contributed by atoms with E-state index in [2.05, 4.69) is 33.2 Å². The van der Waals surface area contributed by atoms with Crippen molar-refractivity contribution >= 4 is 35.7 Å². The number of carbonyl (C=O) groups is 4. The minimum absolute atomic E-state index is 0.0451. The van der Waals surface area contributed by atoms with E-state index in [1.807, 2.05) is 11.8 Å². The maximum atomic E-state index is 11.8. The fourth-order valence-corrected chi connectivity index (χ4v) is 4.72. The van der Waals surface area contributed by atoms with Gasteiger partial charge in [-0.15, -0.1) is 0 Å². The number of esters is 1. The molecule has 0 saturated carbocycles. The first kappa shape index (κ1) is 22.9. The van der Waals surface area contributed by atoms with E-state index < -0.39 is 12.0 Å². The van der Waals surface area contributed by atoms with Crippen molar-refractivity contribution in [3.05, 3.63) is 12.7 Å². The van der Waals surface area contributed by atoms with Crippen molar-refractivity contribution in [1.82, 2.24) is 26.6 Å². The number of hydrogen-bond acceptors (Lipinski definition) is 6. The van der Waals surface area contributed by atoms with E-state index in [9.17, 15) is 19.2 Å². The lowest BCUT2D eigenvalue weighted by molar-refractivity contribution is -0.137. The van der Waals surface area contributed by atoms with Crippen LogP contribution in [0.2, 0.25) is 0 Å². The number of amides is 5. The monoisotopic (exact) mass is 427 g/mol. The summed E-state index contributed by atoms with van der Waals surface area (Å²) in [7, 11) is 0. The molecule has 2 rings (SSSR count). The van der Waals surface area contributed by atoms with Crippen molar-refractivity contribution in [3.63, 3.8) is 0 Å². The predicted molar refractivity (Wildman–Crippen MR) is 110 cm³/mol. The van der Waals surface area contributed by atoms with E-state index in [4.69, 9.17) is 4.74 Å². The topological polar surface area (TPSA) is 138 Å². The highest BCUT2D eigenvalue weighted by atomic mass is 32.2. The molecule has 0 spiro atoms. The summed E-state index contributed by atoms with van der Waals surface area (Å²) in [4.78, 5) is 45.5. The second-order valence-electron chi connectivity index (χ2n) is 6.77. The molecule has 2 aliphatic rings. The smallest absolute Gasteiger partial charge is 0.330 e. The van der Waals surface area contributed by atoms with Crippen LogP contribution in [0.15, 0.2) is 12.7 Å². The molecular formula is C18H29N5O5S. The Balaban J connectivity index is 1.42. The first-order valence-corrected chi connectivity index (χ1v) is 10.8. The van der Waals surface area contributed by atoms with Crippen molar-refractivity contribution in [2.75, 3.05) is 32.0 Å². The molecular weight excluding hydrogens is 398 g/mol. The number of ether oxygens (including phenoxy) is 1. The van der Waals surface area contributed by atoms with Crippen LogP contribution in [-0.4, -0.2) is 73.3 Å². The molecule has 29 heavy (non-hydrogen) atoms. The second kappa shape index (κ2) is 12.2. The largest absolute Gasteiger partial charge is 0.461 e. The van der Waals surface area contributed by atoms with Gasteiger partial charge in [-0.2, -0.15) is 11.8 Å². The molecule has 2 aliphatic heterocycles. The molecule has 3 atom stereocenters. The Hall–Kier alpha value is -2.43. The first-order valence-electron chi connectivity index (χ1n) is 9.76. The van der Waals surface area contributed by atoms with Gasteiger partial charge in [0.25, 0.3) is 0 Å². The van der Waals surface area contributed by atoms with E-state index in [-0.39, 0.29) is 37.2 Å². The highest BCUT2D eigenvalue weighted by molar-refractivity contribution is 8.00. The van der Waals surface area contributed by atoms with Gasteiger partial charge in [-0.25, -0.2) is 14.4 Å². The third-order valence-electron chi connectivity index (χ3n) is 4.61. The molecule has 2 unspecified atom stereocenters. The summed E-state index contributed by atoms with van der Waals surface area (Å²) in [6.45, 7) is 4.18. The van der Waals surface area contributed by atoms with Crippen LogP contribution in [0.5, 0.6) is 0 Å². The lowest BCUT2D eigenvalue weighted by atomic mass is 10.0. The number of nitrogens with one attached hydrogen (secondary N) is 5. The van der Waals surface area contributed by atoms with Crippen LogP contribution in [-0.2, 0) is 14.3 Å². The zero-order valence-corrected chi connectivity index (χ0v) is 17.1. The molecule has 0 aromatic carbocycles. The summed E-state index contributed by atoms with van der Waals surface area (Å²) in [6, 6.07) is -0.0434. The number of unbranched alkanes of at least 4 members (excludes halogenated alkanes) is 1. The van der Waals surface area contributed by atoms with Gasteiger partial charge in [-0.3, -0.25) is 4.79 Å². The van der Waals surface area contributed by atoms with Gasteiger partial charge < -0.3 is 31.3 Å². The highest BCUT2D eigenvalue weighted by Gasteiger charge is 2.42. The van der Waals surface area contributed by atoms with Crippen LogP contribution in [0.1, 0.15) is 25.7 Å². The van der Waals surface area contributed by atoms with Crippen molar-refractivity contribution in [2.24, 2.45) is 0 Å². The number of urea groups is 2. The van der Waals surface area contributed by atoms with Crippen LogP contribution < -0.4 is 26.6 Å². The van der Waals surface area contributed by atoms with E-state index in [1.54, 1.807) is 0 Å². The molecule has 2 heterocycles. The number of carbonyl (C=O) groups excluding carboxylic acids is 4. The molecule has 162 valence electrons. The summed E-state index contributed by atoms with van der Waals surface area (Å²) in [5.41, 5.74) is 0. The molecule has 5 N–H and O–H groups in total. The maximum Gasteiger partial charge on any atom is 0.330 e. The lowest BCUT2D eigenvalue weighted by Crippen LogP contribution is -2.41. The number of rotatable bonds is 12. The quantitative estimate of drug-likeness (QED) is 0.127. The van der Waals surface area contributed by atoms with Crippen LogP contribution in [0, 0.1) is 0 Å². The Bertz CT molecular complexity index is 617. The molecule has 2 saturated heterocycles. The van der Waals surface area contributed by atoms with E-state index >= 15 is 0 Å². The molecule has 0 aromatic rings. The molecule has 0 aliphatic carbocycles. The van der Waals surface area contributed by atoms with Crippen LogP contribution in [0.3, 0.4) is 0 Å². The van der Waals surface area contributed by atoms with Crippen molar-refractivity contribution in [2.45, 2.75) is 43.0 Å². The Labute approximate surface area is 174 Å². The second-order valence-corrected chi connectivity index (χ2v) is 8.04. The highest BCUT2D eigenvalue weighted by Crippen LogP contribution is 2.33. The third-order valence-corrected chi connectivity index (χ3v) is 6.12. The molecule has 10 nitrogen and oxygen atoms in total. The normalized spacial score (nSPS) is 22.1. The Kier molecular flexibility index (Phi) is 9.62. The van der Waals surface area contributed by atoms with Crippen molar-refractivity contribution in [1.29, 1.82) is 0 Å². The summed E-state index contributed by atoms with van der Waals surface area (Å²) in [5, 5.41) is 14.2. The van der Waals surface area contributed by atoms with Gasteiger partial charge >= 0.3 is 18.0 Å². The third kappa shape index (κ3) is 8.22. The Morgan fingerprint density at radius 2 is 1.90 bits per heavy atom. The van der Waals surface area contributed by atoms with Gasteiger partial charge in [0.15, 0.2) is 0 Å². The molecule has 0 radical (unpaired) electrons.